The Hall–Kier alpha value is -2.99. The maximum Gasteiger partial charge on any atom is 0.359 e. The molecule has 6 nitrogen and oxygen atoms in total. The Morgan fingerprint density at radius 1 is 1.08 bits per heavy atom. The second-order valence-electron chi connectivity index (χ2n) is 4.88. The van der Waals surface area contributed by atoms with E-state index in [1.807, 2.05) is 6.07 Å². The number of hydrogen-bond donors (Lipinski definition) is 1. The number of esters is 1. The second kappa shape index (κ2) is 7.06. The van der Waals surface area contributed by atoms with Gasteiger partial charge < -0.3 is 10.1 Å². The van der Waals surface area contributed by atoms with Gasteiger partial charge in [-0.05, 0) is 30.3 Å². The molecular formula is C17H12ClN3O3. The first-order chi connectivity index (χ1) is 11.6. The summed E-state index contributed by atoms with van der Waals surface area (Å²) in [6, 6.07) is 13.8. The van der Waals surface area contributed by atoms with Crippen LogP contribution in [0, 0.1) is 0 Å². The fraction of sp³-hybridized carbons (Fsp3) is 0.0588. The van der Waals surface area contributed by atoms with Crippen molar-refractivity contribution < 1.29 is 14.3 Å². The molecule has 7 heteroatoms. The monoisotopic (exact) mass is 341 g/mol. The van der Waals surface area contributed by atoms with Gasteiger partial charge in [0.05, 0.1) is 17.2 Å². The summed E-state index contributed by atoms with van der Waals surface area (Å²) in [4.78, 5) is 32.1. The third-order valence-electron chi connectivity index (χ3n) is 3.10. The van der Waals surface area contributed by atoms with Crippen molar-refractivity contribution in [3.05, 3.63) is 65.4 Å². The third-order valence-corrected chi connectivity index (χ3v) is 3.34. The average molecular weight is 342 g/mol. The number of aromatic nitrogens is 2. The second-order valence-corrected chi connectivity index (χ2v) is 5.32. The Morgan fingerprint density at radius 2 is 1.88 bits per heavy atom. The van der Waals surface area contributed by atoms with Crippen molar-refractivity contribution in [2.24, 2.45) is 0 Å². The Balaban J connectivity index is 1.60. The summed E-state index contributed by atoms with van der Waals surface area (Å²) in [7, 11) is 0. The van der Waals surface area contributed by atoms with E-state index in [2.05, 4.69) is 15.3 Å². The van der Waals surface area contributed by atoms with E-state index in [-0.39, 0.29) is 5.69 Å². The highest BCUT2D eigenvalue weighted by Gasteiger charge is 2.13. The first-order valence-corrected chi connectivity index (χ1v) is 7.44. The Morgan fingerprint density at radius 3 is 2.67 bits per heavy atom. The van der Waals surface area contributed by atoms with Gasteiger partial charge in [-0.25, -0.2) is 9.78 Å². The molecule has 120 valence electrons. The van der Waals surface area contributed by atoms with Crippen molar-refractivity contribution in [3.8, 4) is 0 Å². The smallest absolute Gasteiger partial charge is 0.359 e. The molecule has 0 bridgehead atoms. The molecule has 0 radical (unpaired) electrons. The Labute approximate surface area is 142 Å². The zero-order valence-corrected chi connectivity index (χ0v) is 13.2. The number of halogens is 1. The molecule has 0 saturated carbocycles. The number of benzene rings is 2. The maximum absolute atomic E-state index is 12.0. The van der Waals surface area contributed by atoms with E-state index in [4.69, 9.17) is 16.3 Å². The number of carbonyl (C=O) groups excluding carboxylic acids is 2. The van der Waals surface area contributed by atoms with Crippen molar-refractivity contribution in [1.82, 2.24) is 9.97 Å². The van der Waals surface area contributed by atoms with Crippen LogP contribution in [0.5, 0.6) is 0 Å². The molecule has 0 aliphatic carbocycles. The number of nitrogens with zero attached hydrogens (tertiary/aromatic N) is 2. The van der Waals surface area contributed by atoms with Gasteiger partial charge in [-0.2, -0.15) is 0 Å². The molecule has 0 spiro atoms. The number of fused-ring (bicyclic) bond motifs is 1. The number of hydrogen-bond acceptors (Lipinski definition) is 5. The quantitative estimate of drug-likeness (QED) is 0.737. The predicted molar refractivity (Wildman–Crippen MR) is 89.9 cm³/mol. The van der Waals surface area contributed by atoms with E-state index in [0.29, 0.717) is 21.7 Å². The standard InChI is InChI=1S/C17H12ClN3O3/c18-11-4-3-5-12(8-11)20-16(22)10-24-17(23)15-9-19-13-6-1-2-7-14(13)21-15/h1-9H,10H2,(H,20,22). The van der Waals surface area contributed by atoms with Gasteiger partial charge in [0.1, 0.15) is 0 Å². The number of carbonyl (C=O) groups is 2. The lowest BCUT2D eigenvalue weighted by atomic mass is 10.3. The van der Waals surface area contributed by atoms with Crippen molar-refractivity contribution in [3.63, 3.8) is 0 Å². The van der Waals surface area contributed by atoms with Crippen molar-refractivity contribution in [2.75, 3.05) is 11.9 Å². The Bertz CT molecular complexity index is 914. The lowest BCUT2D eigenvalue weighted by molar-refractivity contribution is -0.119. The van der Waals surface area contributed by atoms with Gasteiger partial charge >= 0.3 is 5.97 Å². The maximum atomic E-state index is 12.0. The van der Waals surface area contributed by atoms with Gasteiger partial charge in [0.25, 0.3) is 5.91 Å². The van der Waals surface area contributed by atoms with Gasteiger partial charge in [0, 0.05) is 10.7 Å². The summed E-state index contributed by atoms with van der Waals surface area (Å²) in [6.07, 6.45) is 1.32. The number of para-hydroxylation sites is 2. The minimum Gasteiger partial charge on any atom is -0.451 e. The van der Waals surface area contributed by atoms with E-state index < -0.39 is 18.5 Å². The zero-order chi connectivity index (χ0) is 16.9. The van der Waals surface area contributed by atoms with E-state index in [0.717, 1.165) is 0 Å². The lowest BCUT2D eigenvalue weighted by Gasteiger charge is -2.07. The minimum atomic E-state index is -0.713. The highest BCUT2D eigenvalue weighted by atomic mass is 35.5. The number of nitrogens with one attached hydrogen (secondary N) is 1. The molecule has 1 amide bonds. The molecule has 1 heterocycles. The van der Waals surface area contributed by atoms with E-state index in [9.17, 15) is 9.59 Å². The molecule has 1 aromatic heterocycles. The number of ether oxygens (including phenoxy) is 1. The van der Waals surface area contributed by atoms with E-state index in [1.165, 1.54) is 6.20 Å². The topological polar surface area (TPSA) is 81.2 Å². The predicted octanol–water partition coefficient (Wildman–Crippen LogP) is 3.08. The summed E-state index contributed by atoms with van der Waals surface area (Å²) < 4.78 is 4.95. The molecular weight excluding hydrogens is 330 g/mol. The van der Waals surface area contributed by atoms with Crippen LogP contribution in [-0.4, -0.2) is 28.5 Å². The van der Waals surface area contributed by atoms with Crippen LogP contribution in [0.1, 0.15) is 10.5 Å². The van der Waals surface area contributed by atoms with Crippen LogP contribution in [0.15, 0.2) is 54.7 Å². The number of rotatable bonds is 4. The lowest BCUT2D eigenvalue weighted by Crippen LogP contribution is -2.21. The highest BCUT2D eigenvalue weighted by Crippen LogP contribution is 2.14. The number of amides is 1. The van der Waals surface area contributed by atoms with Crippen LogP contribution >= 0.6 is 11.6 Å². The molecule has 3 rings (SSSR count). The molecule has 3 aromatic rings. The van der Waals surface area contributed by atoms with Crippen molar-refractivity contribution in [2.45, 2.75) is 0 Å². The van der Waals surface area contributed by atoms with Crippen LogP contribution in [0.4, 0.5) is 5.69 Å². The first-order valence-electron chi connectivity index (χ1n) is 7.06. The highest BCUT2D eigenvalue weighted by molar-refractivity contribution is 6.30. The van der Waals surface area contributed by atoms with Gasteiger partial charge in [-0.1, -0.05) is 29.8 Å². The van der Waals surface area contributed by atoms with Gasteiger partial charge in [-0.3, -0.25) is 9.78 Å². The summed E-state index contributed by atoms with van der Waals surface area (Å²) >= 11 is 5.83. The molecule has 0 fully saturated rings. The fourth-order valence-corrected chi connectivity index (χ4v) is 2.21. The van der Waals surface area contributed by atoms with Crippen LogP contribution < -0.4 is 5.32 Å². The molecule has 24 heavy (non-hydrogen) atoms. The fourth-order valence-electron chi connectivity index (χ4n) is 2.02. The Kier molecular flexibility index (Phi) is 4.67. The van der Waals surface area contributed by atoms with Crippen molar-refractivity contribution >= 4 is 40.2 Å². The van der Waals surface area contributed by atoms with Crippen LogP contribution in [0.2, 0.25) is 5.02 Å². The van der Waals surface area contributed by atoms with E-state index in [1.54, 1.807) is 42.5 Å². The summed E-state index contributed by atoms with van der Waals surface area (Å²) in [5, 5.41) is 3.08. The van der Waals surface area contributed by atoms with Crippen LogP contribution in [0.3, 0.4) is 0 Å². The molecule has 0 saturated heterocycles. The number of anilines is 1. The van der Waals surface area contributed by atoms with Gasteiger partial charge in [0.2, 0.25) is 0 Å². The third kappa shape index (κ3) is 3.85. The summed E-state index contributed by atoms with van der Waals surface area (Å²) in [6.45, 7) is -0.431. The zero-order valence-electron chi connectivity index (χ0n) is 12.4. The first kappa shape index (κ1) is 15.9. The molecule has 0 atom stereocenters. The summed E-state index contributed by atoms with van der Waals surface area (Å²) in [5.41, 5.74) is 1.82. The van der Waals surface area contributed by atoms with Gasteiger partial charge in [0.15, 0.2) is 12.3 Å². The van der Waals surface area contributed by atoms with Crippen LogP contribution in [-0.2, 0) is 9.53 Å². The van der Waals surface area contributed by atoms with Gasteiger partial charge in [-0.15, -0.1) is 0 Å². The largest absolute Gasteiger partial charge is 0.451 e. The molecule has 0 aliphatic heterocycles. The normalized spacial score (nSPS) is 10.4. The minimum absolute atomic E-state index is 0.0456. The average Bonchev–Trinajstić information content (AvgIpc) is 2.59. The molecule has 1 N–H and O–H groups in total. The molecule has 2 aromatic carbocycles. The molecule has 0 aliphatic rings. The molecule has 0 unspecified atom stereocenters. The van der Waals surface area contributed by atoms with Crippen LogP contribution in [0.25, 0.3) is 11.0 Å². The SMILES string of the molecule is O=C(COC(=O)c1cnc2ccccc2n1)Nc1cccc(Cl)c1. The summed E-state index contributed by atoms with van der Waals surface area (Å²) in [5.74, 6) is -1.19. The van der Waals surface area contributed by atoms with Crippen molar-refractivity contribution in [1.29, 1.82) is 0 Å². The van der Waals surface area contributed by atoms with E-state index >= 15 is 0 Å².